The summed E-state index contributed by atoms with van der Waals surface area (Å²) in [5, 5.41) is 26.7. The maximum Gasteiger partial charge on any atom is 0.224 e. The highest BCUT2D eigenvalue weighted by molar-refractivity contribution is 5.96. The largest absolute Gasteiger partial charge is 0.346 e. The van der Waals surface area contributed by atoms with Gasteiger partial charge < -0.3 is 42.5 Å². The highest BCUT2D eigenvalue weighted by Crippen LogP contribution is 2.20. The van der Waals surface area contributed by atoms with Crippen LogP contribution >= 0.6 is 0 Å². The van der Waals surface area contributed by atoms with E-state index in [4.69, 9.17) is 0 Å². The Labute approximate surface area is 373 Å². The van der Waals surface area contributed by atoms with Gasteiger partial charge in [-0.2, -0.15) is 0 Å². The van der Waals surface area contributed by atoms with E-state index in [0.29, 0.717) is 89.1 Å². The molecular weight excluding hydrogens is 769 g/mol. The quantitative estimate of drug-likeness (QED) is 0.0361. The number of carbonyl (C=O) groups is 5. The third-order valence-corrected chi connectivity index (χ3v) is 10.7. The molecule has 0 rings (SSSR count). The number of rotatable bonds is 39. The van der Waals surface area contributed by atoms with Crippen molar-refractivity contribution in [3.63, 3.8) is 0 Å². The Kier molecular flexibility index (Phi) is 32.9. The van der Waals surface area contributed by atoms with Crippen molar-refractivity contribution in [1.29, 1.82) is 0 Å². The Balaban J connectivity index is 6.55. The van der Waals surface area contributed by atoms with Crippen LogP contribution in [0.2, 0.25) is 0 Å². The predicted molar refractivity (Wildman–Crippen MR) is 254 cm³/mol. The molecule has 0 aromatic heterocycles. The number of ketones is 3. The molecule has 0 aromatic rings. The summed E-state index contributed by atoms with van der Waals surface area (Å²) in [6.07, 6.45) is 6.14. The first-order valence-electron chi connectivity index (χ1n) is 24.3. The molecule has 0 heterocycles. The lowest BCUT2D eigenvalue weighted by atomic mass is 9.89. The molecule has 0 spiro atoms. The number of Topliss-reactive ketones (excluding diaryl/α,β-unsaturated/α-hetero) is 3. The standard InChI is InChI=1S/C48H96N8O5/c1-32(2)46(59)43(24-19-29-53-37(11)12)56-48(61)40(21-16-26-50-34(5)6)31-45(58)42(23-18-28-52-36(9)10)55-47(60)39(20-15-25-49-33(3)4)30-44(57)41(54-38(13)14)22-17-27-51-35(7)8/h32-43,49-54H,15-31H2,1-14H3,(H,55,60)(H,56,61). The molecule has 0 saturated heterocycles. The topological polar surface area (TPSA) is 182 Å². The fraction of sp³-hybridized carbons (Fsp3) is 0.896. The highest BCUT2D eigenvalue weighted by atomic mass is 16.2. The van der Waals surface area contributed by atoms with E-state index in [1.165, 1.54) is 0 Å². The molecule has 8 N–H and O–H groups in total. The van der Waals surface area contributed by atoms with E-state index in [-0.39, 0.29) is 72.1 Å². The van der Waals surface area contributed by atoms with Crippen LogP contribution in [0.3, 0.4) is 0 Å². The molecule has 0 aliphatic heterocycles. The normalized spacial score (nSPS) is 14.6. The summed E-state index contributed by atoms with van der Waals surface area (Å²) in [5.74, 6) is -2.33. The first-order valence-corrected chi connectivity index (χ1v) is 24.3. The Hall–Kier alpha value is -2.29. The summed E-state index contributed by atoms with van der Waals surface area (Å²) in [5.41, 5.74) is 0. The van der Waals surface area contributed by atoms with Gasteiger partial charge in [-0.1, -0.05) is 96.9 Å². The van der Waals surface area contributed by atoms with E-state index < -0.39 is 23.9 Å². The summed E-state index contributed by atoms with van der Waals surface area (Å²) < 4.78 is 0. The maximum absolute atomic E-state index is 14.5. The number of hydrogen-bond donors (Lipinski definition) is 8. The number of nitrogens with one attached hydrogen (secondary N) is 8. The lowest BCUT2D eigenvalue weighted by Gasteiger charge is -2.27. The van der Waals surface area contributed by atoms with Gasteiger partial charge in [-0.25, -0.2) is 0 Å². The minimum atomic E-state index is -0.821. The summed E-state index contributed by atoms with van der Waals surface area (Å²) >= 11 is 0. The molecule has 0 fully saturated rings. The van der Waals surface area contributed by atoms with Crippen molar-refractivity contribution >= 4 is 29.2 Å². The Morgan fingerprint density at radius 2 is 0.656 bits per heavy atom. The predicted octanol–water partition coefficient (Wildman–Crippen LogP) is 5.59. The molecule has 0 aliphatic carbocycles. The van der Waals surface area contributed by atoms with Gasteiger partial charge in [0.1, 0.15) is 0 Å². The van der Waals surface area contributed by atoms with Gasteiger partial charge in [0, 0.05) is 66.8 Å². The Morgan fingerprint density at radius 3 is 0.984 bits per heavy atom. The van der Waals surface area contributed by atoms with Gasteiger partial charge in [0.2, 0.25) is 11.8 Å². The zero-order chi connectivity index (χ0) is 46.5. The number of hydrogen-bond acceptors (Lipinski definition) is 11. The molecule has 0 bridgehead atoms. The second kappa shape index (κ2) is 34.2. The molecule has 61 heavy (non-hydrogen) atoms. The van der Waals surface area contributed by atoms with E-state index in [1.807, 2.05) is 27.7 Å². The second-order valence-electron chi connectivity index (χ2n) is 19.5. The van der Waals surface area contributed by atoms with Crippen molar-refractivity contribution in [3.05, 3.63) is 0 Å². The van der Waals surface area contributed by atoms with Crippen LogP contribution in [0.15, 0.2) is 0 Å². The zero-order valence-electron chi connectivity index (χ0n) is 41.5. The fourth-order valence-electron chi connectivity index (χ4n) is 7.31. The lowest BCUT2D eigenvalue weighted by molar-refractivity contribution is -0.135. The van der Waals surface area contributed by atoms with Gasteiger partial charge in [0.15, 0.2) is 17.3 Å². The van der Waals surface area contributed by atoms with E-state index in [0.717, 1.165) is 25.9 Å². The van der Waals surface area contributed by atoms with Crippen LogP contribution in [-0.2, 0) is 24.0 Å². The van der Waals surface area contributed by atoms with Crippen molar-refractivity contribution in [3.8, 4) is 0 Å². The molecule has 13 heteroatoms. The summed E-state index contributed by atoms with van der Waals surface area (Å²) in [6.45, 7) is 32.2. The van der Waals surface area contributed by atoms with Crippen LogP contribution < -0.4 is 42.5 Å². The van der Waals surface area contributed by atoms with E-state index in [2.05, 4.69) is 112 Å². The van der Waals surface area contributed by atoms with E-state index in [1.54, 1.807) is 0 Å². The van der Waals surface area contributed by atoms with E-state index in [9.17, 15) is 24.0 Å². The van der Waals surface area contributed by atoms with Crippen molar-refractivity contribution < 1.29 is 24.0 Å². The van der Waals surface area contributed by atoms with Crippen molar-refractivity contribution in [1.82, 2.24) is 42.5 Å². The Bertz CT molecular complexity index is 1210. The highest BCUT2D eigenvalue weighted by Gasteiger charge is 2.33. The lowest BCUT2D eigenvalue weighted by Crippen LogP contribution is -2.48. The molecule has 0 aliphatic rings. The average molecular weight is 865 g/mol. The van der Waals surface area contributed by atoms with Gasteiger partial charge in [-0.05, 0) is 96.9 Å². The molecular formula is C48H96N8O5. The average Bonchev–Trinajstić information content (AvgIpc) is 3.16. The van der Waals surface area contributed by atoms with Crippen LogP contribution in [-0.4, -0.2) is 116 Å². The zero-order valence-corrected chi connectivity index (χ0v) is 41.5. The molecule has 0 aromatic carbocycles. The summed E-state index contributed by atoms with van der Waals surface area (Å²) in [7, 11) is 0. The molecule has 0 saturated carbocycles. The molecule has 358 valence electrons. The van der Waals surface area contributed by atoms with Crippen molar-refractivity contribution in [2.24, 2.45) is 17.8 Å². The molecule has 0 radical (unpaired) electrons. The maximum atomic E-state index is 14.5. The number of amides is 2. The minimum absolute atomic E-state index is 0.0106. The van der Waals surface area contributed by atoms with Crippen LogP contribution in [0.1, 0.15) is 174 Å². The molecule has 5 unspecified atom stereocenters. The fourth-order valence-corrected chi connectivity index (χ4v) is 7.31. The van der Waals surface area contributed by atoms with E-state index >= 15 is 0 Å². The van der Waals surface area contributed by atoms with Crippen molar-refractivity contribution in [2.45, 2.75) is 228 Å². The first-order chi connectivity index (χ1) is 28.6. The number of carbonyl (C=O) groups excluding carboxylic acids is 5. The first kappa shape index (κ1) is 58.7. The van der Waals surface area contributed by atoms with Crippen LogP contribution in [0.25, 0.3) is 0 Å². The molecule has 5 atom stereocenters. The monoisotopic (exact) mass is 865 g/mol. The third-order valence-electron chi connectivity index (χ3n) is 10.7. The SMILES string of the molecule is CC(C)NCCCC(CC(=O)C(CCCNC(C)C)NC(C)C)C(=O)NC(CCCNC(C)C)C(=O)CC(CCCNC(C)C)C(=O)NC(CCCNC(C)C)C(=O)C(C)C. The van der Waals surface area contributed by atoms with Gasteiger partial charge in [-0.3, -0.25) is 24.0 Å². The van der Waals surface area contributed by atoms with Gasteiger partial charge in [-0.15, -0.1) is 0 Å². The van der Waals surface area contributed by atoms with Crippen LogP contribution in [0.4, 0.5) is 0 Å². The molecule has 13 nitrogen and oxygen atoms in total. The summed E-state index contributed by atoms with van der Waals surface area (Å²) in [6, 6.07) is -0.229. The van der Waals surface area contributed by atoms with Crippen molar-refractivity contribution in [2.75, 3.05) is 32.7 Å². The second-order valence-corrected chi connectivity index (χ2v) is 19.5. The van der Waals surface area contributed by atoms with Gasteiger partial charge in [0.25, 0.3) is 0 Å². The smallest absolute Gasteiger partial charge is 0.224 e. The Morgan fingerprint density at radius 1 is 0.361 bits per heavy atom. The van der Waals surface area contributed by atoms with Gasteiger partial charge >= 0.3 is 0 Å². The van der Waals surface area contributed by atoms with Gasteiger partial charge in [0.05, 0.1) is 18.1 Å². The minimum Gasteiger partial charge on any atom is -0.346 e. The summed E-state index contributed by atoms with van der Waals surface area (Å²) in [4.78, 5) is 70.4. The van der Waals surface area contributed by atoms with Crippen LogP contribution in [0.5, 0.6) is 0 Å². The molecule has 2 amide bonds. The third kappa shape index (κ3) is 30.4. The van der Waals surface area contributed by atoms with Crippen LogP contribution in [0, 0.1) is 17.8 Å².